The molecule has 0 aliphatic rings. The predicted octanol–water partition coefficient (Wildman–Crippen LogP) is 4.22. The van der Waals surface area contributed by atoms with Crippen LogP contribution in [-0.4, -0.2) is 22.9 Å². The molecule has 0 saturated heterocycles. The Morgan fingerprint density at radius 3 is 2.53 bits per heavy atom. The Bertz CT molecular complexity index is 449. The summed E-state index contributed by atoms with van der Waals surface area (Å²) < 4.78 is 0.527. The summed E-state index contributed by atoms with van der Waals surface area (Å²) in [5.74, 6) is 0.650. The third kappa shape index (κ3) is 4.91. The van der Waals surface area contributed by atoms with Crippen molar-refractivity contribution < 1.29 is 4.92 Å². The van der Waals surface area contributed by atoms with Crippen molar-refractivity contribution in [1.29, 1.82) is 0 Å². The van der Waals surface area contributed by atoms with Gasteiger partial charge in [-0.25, -0.2) is 0 Å². The van der Waals surface area contributed by atoms with E-state index in [0.717, 1.165) is 18.5 Å². The molecule has 0 aliphatic carbocycles. The first kappa shape index (κ1) is 16.1. The molecule has 0 bridgehead atoms. The van der Waals surface area contributed by atoms with Crippen molar-refractivity contribution in [1.82, 2.24) is 4.90 Å². The second kappa shape index (κ2) is 7.01. The average Bonchev–Trinajstić information content (AvgIpc) is 2.30. The van der Waals surface area contributed by atoms with E-state index < -0.39 is 0 Å². The van der Waals surface area contributed by atoms with Gasteiger partial charge in [0, 0.05) is 18.7 Å². The zero-order chi connectivity index (χ0) is 14.6. The quantitative estimate of drug-likeness (QED) is 0.580. The SMILES string of the molecule is CC(C)CC(C)N(C)Cc1ccc(Br)c([N+](=O)[O-])c1. The second-order valence-electron chi connectivity index (χ2n) is 5.44. The monoisotopic (exact) mass is 328 g/mol. The van der Waals surface area contributed by atoms with Crippen LogP contribution in [0.2, 0.25) is 0 Å². The molecule has 0 spiro atoms. The average molecular weight is 329 g/mol. The largest absolute Gasteiger partial charge is 0.299 e. The maximum absolute atomic E-state index is 10.9. The van der Waals surface area contributed by atoms with E-state index in [-0.39, 0.29) is 10.6 Å². The summed E-state index contributed by atoms with van der Waals surface area (Å²) in [5, 5.41) is 10.9. The third-order valence-corrected chi connectivity index (χ3v) is 3.87. The van der Waals surface area contributed by atoms with Crippen LogP contribution in [0.3, 0.4) is 0 Å². The molecule has 0 aliphatic heterocycles. The minimum atomic E-state index is -0.356. The first-order valence-corrected chi connectivity index (χ1v) is 7.23. The van der Waals surface area contributed by atoms with E-state index in [2.05, 4.69) is 48.6 Å². The van der Waals surface area contributed by atoms with Gasteiger partial charge in [-0.3, -0.25) is 15.0 Å². The summed E-state index contributed by atoms with van der Waals surface area (Å²) in [6.45, 7) is 7.32. The molecule has 1 aromatic carbocycles. The van der Waals surface area contributed by atoms with Gasteiger partial charge in [-0.05, 0) is 53.9 Å². The number of nitro benzene ring substituents is 1. The molecule has 5 heteroatoms. The molecule has 0 heterocycles. The molecule has 4 nitrogen and oxygen atoms in total. The molecule has 0 saturated carbocycles. The van der Waals surface area contributed by atoms with Crippen LogP contribution in [0.25, 0.3) is 0 Å². The molecular weight excluding hydrogens is 308 g/mol. The minimum Gasteiger partial charge on any atom is -0.299 e. The maximum Gasteiger partial charge on any atom is 0.283 e. The Morgan fingerprint density at radius 1 is 1.37 bits per heavy atom. The maximum atomic E-state index is 10.9. The summed E-state index contributed by atoms with van der Waals surface area (Å²) in [7, 11) is 2.06. The van der Waals surface area contributed by atoms with Crippen LogP contribution < -0.4 is 0 Å². The van der Waals surface area contributed by atoms with E-state index in [9.17, 15) is 10.1 Å². The van der Waals surface area contributed by atoms with Crippen LogP contribution in [0.4, 0.5) is 5.69 Å². The lowest BCUT2D eigenvalue weighted by atomic mass is 10.0. The van der Waals surface area contributed by atoms with E-state index in [1.807, 2.05) is 6.07 Å². The highest BCUT2D eigenvalue weighted by Gasteiger charge is 2.15. The number of benzene rings is 1. The summed E-state index contributed by atoms with van der Waals surface area (Å²) >= 11 is 3.20. The van der Waals surface area contributed by atoms with Crippen molar-refractivity contribution in [2.45, 2.75) is 39.8 Å². The van der Waals surface area contributed by atoms with Crippen molar-refractivity contribution in [2.75, 3.05) is 7.05 Å². The third-order valence-electron chi connectivity index (χ3n) is 3.20. The van der Waals surface area contributed by atoms with E-state index >= 15 is 0 Å². The molecule has 0 N–H and O–H groups in total. The van der Waals surface area contributed by atoms with Crippen molar-refractivity contribution in [3.05, 3.63) is 38.3 Å². The van der Waals surface area contributed by atoms with E-state index in [1.165, 1.54) is 0 Å². The first-order chi connectivity index (χ1) is 8.81. The molecule has 0 radical (unpaired) electrons. The number of hydrogen-bond donors (Lipinski definition) is 0. The van der Waals surface area contributed by atoms with Gasteiger partial charge in [-0.2, -0.15) is 0 Å². The highest BCUT2D eigenvalue weighted by Crippen LogP contribution is 2.26. The fourth-order valence-electron chi connectivity index (χ4n) is 2.10. The van der Waals surface area contributed by atoms with Gasteiger partial charge in [0.2, 0.25) is 0 Å². The number of nitro groups is 1. The van der Waals surface area contributed by atoms with Crippen molar-refractivity contribution in [3.63, 3.8) is 0 Å². The topological polar surface area (TPSA) is 46.4 Å². The Morgan fingerprint density at radius 2 is 2.00 bits per heavy atom. The van der Waals surface area contributed by atoms with Crippen LogP contribution in [0.15, 0.2) is 22.7 Å². The lowest BCUT2D eigenvalue weighted by Crippen LogP contribution is -2.29. The number of rotatable bonds is 6. The summed E-state index contributed by atoms with van der Waals surface area (Å²) in [6.07, 6.45) is 1.12. The molecule has 0 fully saturated rings. The normalized spacial score (nSPS) is 13.0. The van der Waals surface area contributed by atoms with Crippen molar-refractivity contribution >= 4 is 21.6 Å². The molecule has 1 unspecified atom stereocenters. The molecule has 1 aromatic rings. The van der Waals surface area contributed by atoms with Crippen LogP contribution >= 0.6 is 15.9 Å². The van der Waals surface area contributed by atoms with Gasteiger partial charge in [0.25, 0.3) is 5.69 Å². The number of halogens is 1. The number of nitrogens with zero attached hydrogens (tertiary/aromatic N) is 2. The van der Waals surface area contributed by atoms with Crippen LogP contribution in [-0.2, 0) is 6.54 Å². The van der Waals surface area contributed by atoms with Gasteiger partial charge in [-0.1, -0.05) is 19.9 Å². The summed E-state index contributed by atoms with van der Waals surface area (Å²) in [6, 6.07) is 5.77. The zero-order valence-corrected chi connectivity index (χ0v) is 13.5. The van der Waals surface area contributed by atoms with Gasteiger partial charge in [0.15, 0.2) is 0 Å². The first-order valence-electron chi connectivity index (χ1n) is 6.44. The van der Waals surface area contributed by atoms with E-state index in [0.29, 0.717) is 16.4 Å². The lowest BCUT2D eigenvalue weighted by molar-refractivity contribution is -0.385. The van der Waals surface area contributed by atoms with E-state index in [4.69, 9.17) is 0 Å². The predicted molar refractivity (Wildman–Crippen MR) is 81.2 cm³/mol. The Balaban J connectivity index is 2.77. The minimum absolute atomic E-state index is 0.127. The van der Waals surface area contributed by atoms with Crippen LogP contribution in [0.5, 0.6) is 0 Å². The van der Waals surface area contributed by atoms with Crippen molar-refractivity contribution in [3.8, 4) is 0 Å². The molecule has 1 atom stereocenters. The Hall–Kier alpha value is -0.940. The van der Waals surface area contributed by atoms with Gasteiger partial charge >= 0.3 is 0 Å². The van der Waals surface area contributed by atoms with Gasteiger partial charge in [0.05, 0.1) is 9.40 Å². The molecule has 106 valence electrons. The highest BCUT2D eigenvalue weighted by molar-refractivity contribution is 9.10. The molecule has 0 amide bonds. The van der Waals surface area contributed by atoms with Gasteiger partial charge < -0.3 is 0 Å². The second-order valence-corrected chi connectivity index (χ2v) is 6.29. The zero-order valence-electron chi connectivity index (χ0n) is 11.9. The lowest BCUT2D eigenvalue weighted by Gasteiger charge is -2.26. The van der Waals surface area contributed by atoms with Crippen molar-refractivity contribution in [2.24, 2.45) is 5.92 Å². The van der Waals surface area contributed by atoms with Crippen LogP contribution in [0.1, 0.15) is 32.8 Å². The molecule has 1 rings (SSSR count). The fraction of sp³-hybridized carbons (Fsp3) is 0.571. The van der Waals surface area contributed by atoms with E-state index in [1.54, 1.807) is 12.1 Å². The van der Waals surface area contributed by atoms with Crippen LogP contribution in [0, 0.1) is 16.0 Å². The molecule has 0 aromatic heterocycles. The smallest absolute Gasteiger partial charge is 0.283 e. The highest BCUT2D eigenvalue weighted by atomic mass is 79.9. The number of hydrogen-bond acceptors (Lipinski definition) is 3. The standard InChI is InChI=1S/C14H21BrN2O2/c1-10(2)7-11(3)16(4)9-12-5-6-13(15)14(8-12)17(18)19/h5-6,8,10-11H,7,9H2,1-4H3. The van der Waals surface area contributed by atoms with Gasteiger partial charge in [-0.15, -0.1) is 0 Å². The Kier molecular flexibility index (Phi) is 5.94. The summed E-state index contributed by atoms with van der Waals surface area (Å²) in [4.78, 5) is 12.8. The fourth-order valence-corrected chi connectivity index (χ4v) is 2.49. The molecular formula is C14H21BrN2O2. The van der Waals surface area contributed by atoms with Gasteiger partial charge in [0.1, 0.15) is 0 Å². The summed E-state index contributed by atoms with van der Waals surface area (Å²) in [5.41, 5.74) is 1.09. The Labute approximate surface area is 123 Å². The molecule has 19 heavy (non-hydrogen) atoms.